The Hall–Kier alpha value is -4.46. The summed E-state index contributed by atoms with van der Waals surface area (Å²) in [6.45, 7) is 2.30. The van der Waals surface area contributed by atoms with E-state index >= 15 is 0 Å². The predicted octanol–water partition coefficient (Wildman–Crippen LogP) is 4.47. The highest BCUT2D eigenvalue weighted by Gasteiger charge is 2.36. The molecule has 5 aromatic heterocycles. The SMILES string of the molecule is CCn1cc(NC(=O)c2cc3nc(-c4cccs4)cc(C(F)(F)F)n3n2)c(C(=O)NCc2ccco2)n1. The summed E-state index contributed by atoms with van der Waals surface area (Å²) in [4.78, 5) is 30.5. The van der Waals surface area contributed by atoms with Crippen molar-refractivity contribution in [3.05, 3.63) is 77.1 Å². The number of fused-ring (bicyclic) bond motifs is 1. The lowest BCUT2D eigenvalue weighted by Gasteiger charge is -2.10. The van der Waals surface area contributed by atoms with Gasteiger partial charge in [-0.2, -0.15) is 23.4 Å². The summed E-state index contributed by atoms with van der Waals surface area (Å²) in [5.74, 6) is -0.879. The lowest BCUT2D eigenvalue weighted by molar-refractivity contribution is -0.142. The number of alkyl halides is 3. The molecule has 5 aromatic rings. The van der Waals surface area contributed by atoms with Crippen molar-refractivity contribution >= 4 is 34.5 Å². The first-order valence-corrected chi connectivity index (χ1v) is 11.8. The number of nitrogens with zero attached hydrogens (tertiary/aromatic N) is 5. The van der Waals surface area contributed by atoms with Crippen molar-refractivity contribution in [3.63, 3.8) is 0 Å². The fourth-order valence-electron chi connectivity index (χ4n) is 3.53. The van der Waals surface area contributed by atoms with Gasteiger partial charge in [-0.05, 0) is 36.6 Å². The molecular formula is C23H18F3N7O3S. The van der Waals surface area contributed by atoms with Crippen LogP contribution in [0.4, 0.5) is 18.9 Å². The number of carbonyl (C=O) groups is 2. The van der Waals surface area contributed by atoms with Crippen molar-refractivity contribution in [2.24, 2.45) is 0 Å². The molecule has 0 unspecified atom stereocenters. The van der Waals surface area contributed by atoms with Crippen LogP contribution in [0.1, 0.15) is 39.4 Å². The van der Waals surface area contributed by atoms with Gasteiger partial charge in [-0.15, -0.1) is 11.3 Å². The molecule has 0 aliphatic rings. The number of furan rings is 1. The van der Waals surface area contributed by atoms with Crippen molar-refractivity contribution in [2.45, 2.75) is 26.2 Å². The fraction of sp³-hybridized carbons (Fsp3) is 0.174. The first kappa shape index (κ1) is 24.2. The van der Waals surface area contributed by atoms with E-state index in [1.165, 1.54) is 28.5 Å². The van der Waals surface area contributed by atoms with Gasteiger partial charge >= 0.3 is 6.18 Å². The average Bonchev–Trinajstić information content (AvgIpc) is 3.67. The molecule has 5 heterocycles. The third kappa shape index (κ3) is 4.95. The minimum absolute atomic E-state index is 0.0698. The minimum Gasteiger partial charge on any atom is -0.467 e. The van der Waals surface area contributed by atoms with Crippen LogP contribution >= 0.6 is 11.3 Å². The van der Waals surface area contributed by atoms with Crippen LogP contribution in [0.15, 0.2) is 58.7 Å². The van der Waals surface area contributed by atoms with Gasteiger partial charge in [0, 0.05) is 18.8 Å². The Morgan fingerprint density at radius 2 is 1.97 bits per heavy atom. The summed E-state index contributed by atoms with van der Waals surface area (Å²) in [5.41, 5.74) is -1.42. The molecule has 5 rings (SSSR count). The van der Waals surface area contributed by atoms with Gasteiger partial charge in [-0.1, -0.05) is 6.07 Å². The number of carbonyl (C=O) groups excluding carboxylic acids is 2. The number of nitrogens with one attached hydrogen (secondary N) is 2. The zero-order valence-corrected chi connectivity index (χ0v) is 19.9. The van der Waals surface area contributed by atoms with Crippen molar-refractivity contribution in [3.8, 4) is 10.6 Å². The number of hydrogen-bond acceptors (Lipinski definition) is 7. The van der Waals surface area contributed by atoms with E-state index in [2.05, 4.69) is 25.8 Å². The molecule has 0 fully saturated rings. The summed E-state index contributed by atoms with van der Waals surface area (Å²) in [6, 6.07) is 8.76. The second-order valence-electron chi connectivity index (χ2n) is 7.76. The molecule has 0 radical (unpaired) electrons. The summed E-state index contributed by atoms with van der Waals surface area (Å²) < 4.78 is 48.6. The van der Waals surface area contributed by atoms with Crippen molar-refractivity contribution < 1.29 is 27.2 Å². The van der Waals surface area contributed by atoms with E-state index in [0.717, 1.165) is 12.1 Å². The molecule has 190 valence electrons. The van der Waals surface area contributed by atoms with E-state index in [9.17, 15) is 22.8 Å². The maximum atomic E-state index is 13.8. The molecular weight excluding hydrogens is 511 g/mol. The predicted molar refractivity (Wildman–Crippen MR) is 127 cm³/mol. The Morgan fingerprint density at radius 1 is 1.14 bits per heavy atom. The molecule has 0 spiro atoms. The summed E-state index contributed by atoms with van der Waals surface area (Å²) >= 11 is 1.24. The lowest BCUT2D eigenvalue weighted by atomic mass is 10.2. The number of hydrogen-bond donors (Lipinski definition) is 2. The highest BCUT2D eigenvalue weighted by molar-refractivity contribution is 7.13. The van der Waals surface area contributed by atoms with Crippen LogP contribution in [-0.4, -0.2) is 36.2 Å². The fourth-order valence-corrected chi connectivity index (χ4v) is 4.22. The Bertz CT molecular complexity index is 1570. The Labute approximate surface area is 210 Å². The van der Waals surface area contributed by atoms with Crippen LogP contribution in [0.2, 0.25) is 0 Å². The molecule has 37 heavy (non-hydrogen) atoms. The van der Waals surface area contributed by atoms with E-state index in [-0.39, 0.29) is 35.0 Å². The van der Waals surface area contributed by atoms with Crippen LogP contribution in [-0.2, 0) is 19.3 Å². The highest BCUT2D eigenvalue weighted by atomic mass is 32.1. The third-order valence-corrected chi connectivity index (χ3v) is 6.17. The Morgan fingerprint density at radius 3 is 2.65 bits per heavy atom. The molecule has 0 atom stereocenters. The average molecular weight is 530 g/mol. The standard InChI is InChI=1S/C23H18F3N7O3S/c1-2-32-12-16(20(31-32)22(35)27-11-13-5-3-7-36-13)29-21(34)15-10-19-28-14(17-6-4-8-37-17)9-18(23(24,25)26)33(19)30-15/h3-10,12H,2,11H2,1H3,(H,27,35)(H,29,34). The monoisotopic (exact) mass is 529 g/mol. The zero-order chi connectivity index (χ0) is 26.2. The van der Waals surface area contributed by atoms with E-state index in [4.69, 9.17) is 4.42 Å². The largest absolute Gasteiger partial charge is 0.467 e. The van der Waals surface area contributed by atoms with Crippen molar-refractivity contribution in [2.75, 3.05) is 5.32 Å². The smallest absolute Gasteiger partial charge is 0.433 e. The van der Waals surface area contributed by atoms with Gasteiger partial charge in [0.25, 0.3) is 11.8 Å². The molecule has 0 aliphatic carbocycles. The zero-order valence-electron chi connectivity index (χ0n) is 19.1. The van der Waals surface area contributed by atoms with E-state index < -0.39 is 23.7 Å². The quantitative estimate of drug-likeness (QED) is 0.321. The van der Waals surface area contributed by atoms with Gasteiger partial charge in [0.2, 0.25) is 0 Å². The summed E-state index contributed by atoms with van der Waals surface area (Å²) in [7, 11) is 0. The van der Waals surface area contributed by atoms with Gasteiger partial charge in [0.1, 0.15) is 5.76 Å². The number of aromatic nitrogens is 5. The molecule has 0 bridgehead atoms. The summed E-state index contributed by atoms with van der Waals surface area (Å²) in [6.07, 6.45) is -1.82. The van der Waals surface area contributed by atoms with Crippen LogP contribution in [0, 0.1) is 0 Å². The minimum atomic E-state index is -4.74. The second kappa shape index (κ2) is 9.54. The molecule has 0 saturated carbocycles. The van der Waals surface area contributed by atoms with E-state index in [0.29, 0.717) is 21.7 Å². The molecule has 2 N–H and O–H groups in total. The maximum Gasteiger partial charge on any atom is 0.433 e. The van der Waals surface area contributed by atoms with Crippen LogP contribution in [0.3, 0.4) is 0 Å². The number of halogens is 3. The maximum absolute atomic E-state index is 13.8. The number of thiophene rings is 1. The van der Waals surface area contributed by atoms with E-state index in [1.807, 2.05) is 0 Å². The first-order chi connectivity index (χ1) is 17.7. The van der Waals surface area contributed by atoms with Crippen LogP contribution < -0.4 is 10.6 Å². The first-order valence-electron chi connectivity index (χ1n) is 10.9. The Balaban J connectivity index is 1.45. The summed E-state index contributed by atoms with van der Waals surface area (Å²) in [5, 5.41) is 14.9. The van der Waals surface area contributed by atoms with Gasteiger partial charge < -0.3 is 15.1 Å². The number of amides is 2. The second-order valence-corrected chi connectivity index (χ2v) is 8.71. The van der Waals surface area contributed by atoms with Gasteiger partial charge in [0.05, 0.1) is 29.1 Å². The molecule has 0 aliphatic heterocycles. The number of aryl methyl sites for hydroxylation is 1. The van der Waals surface area contributed by atoms with Crippen molar-refractivity contribution in [1.29, 1.82) is 0 Å². The van der Waals surface area contributed by atoms with Crippen molar-refractivity contribution in [1.82, 2.24) is 29.7 Å². The molecule has 0 aromatic carbocycles. The highest BCUT2D eigenvalue weighted by Crippen LogP contribution is 2.33. The molecule has 2 amide bonds. The molecule has 14 heteroatoms. The van der Waals surface area contributed by atoms with Gasteiger partial charge in [-0.25, -0.2) is 9.50 Å². The van der Waals surface area contributed by atoms with Crippen LogP contribution in [0.25, 0.3) is 16.2 Å². The molecule has 0 saturated heterocycles. The van der Waals surface area contributed by atoms with Gasteiger partial charge in [-0.3, -0.25) is 14.3 Å². The van der Waals surface area contributed by atoms with Crippen LogP contribution in [0.5, 0.6) is 0 Å². The van der Waals surface area contributed by atoms with Gasteiger partial charge in [0.15, 0.2) is 22.7 Å². The number of anilines is 1. The lowest BCUT2D eigenvalue weighted by Crippen LogP contribution is -2.25. The molecule has 10 nitrogen and oxygen atoms in total. The number of rotatable bonds is 7. The van der Waals surface area contributed by atoms with E-state index in [1.54, 1.807) is 36.6 Å². The third-order valence-electron chi connectivity index (χ3n) is 5.28. The normalized spacial score (nSPS) is 11.7. The Kier molecular flexibility index (Phi) is 6.25. The topological polar surface area (TPSA) is 119 Å².